The van der Waals surface area contributed by atoms with E-state index in [1.165, 1.54) is 56.1 Å². The van der Waals surface area contributed by atoms with E-state index in [1.807, 2.05) is 0 Å². The summed E-state index contributed by atoms with van der Waals surface area (Å²) >= 11 is 0. The molecule has 1 aliphatic heterocycles. The fraction of sp³-hybridized carbons (Fsp3) is 0.667. The predicted octanol–water partition coefficient (Wildman–Crippen LogP) is 4.34. The third-order valence-corrected chi connectivity index (χ3v) is 5.26. The summed E-state index contributed by atoms with van der Waals surface area (Å²) in [5, 5.41) is 3.67. The smallest absolute Gasteiger partial charge is 0.123 e. The van der Waals surface area contributed by atoms with E-state index in [9.17, 15) is 0 Å². The Hall–Kier alpha value is -1.02. The quantitative estimate of drug-likeness (QED) is 0.884. The zero-order chi connectivity index (χ0) is 14.0. The Labute approximate surface area is 122 Å². The van der Waals surface area contributed by atoms with Crippen LogP contribution >= 0.6 is 0 Å². The number of benzene rings is 1. The minimum atomic E-state index is 0.0933. The highest BCUT2D eigenvalue weighted by Crippen LogP contribution is 2.40. The number of hydrogen-bond donors (Lipinski definition) is 1. The number of rotatable bonds is 3. The van der Waals surface area contributed by atoms with Gasteiger partial charge in [0.05, 0.1) is 7.11 Å². The highest BCUT2D eigenvalue weighted by molar-refractivity contribution is 5.43. The van der Waals surface area contributed by atoms with E-state index < -0.39 is 0 Å². The first-order valence-corrected chi connectivity index (χ1v) is 8.16. The summed E-state index contributed by atoms with van der Waals surface area (Å²) in [5.74, 6) is 1.81. The lowest BCUT2D eigenvalue weighted by Crippen LogP contribution is -2.33. The average molecular weight is 273 g/mol. The summed E-state index contributed by atoms with van der Waals surface area (Å²) in [6, 6.07) is 6.90. The van der Waals surface area contributed by atoms with Gasteiger partial charge in [-0.2, -0.15) is 0 Å². The Morgan fingerprint density at radius 1 is 1.15 bits per heavy atom. The van der Waals surface area contributed by atoms with Gasteiger partial charge in [0.1, 0.15) is 5.75 Å². The Morgan fingerprint density at radius 3 is 2.60 bits per heavy atom. The molecule has 1 unspecified atom stereocenters. The van der Waals surface area contributed by atoms with Gasteiger partial charge in [-0.05, 0) is 62.8 Å². The SMILES string of the molecule is COc1ccc(C2CCCCC2)cc1C1(C)CCCN1. The summed E-state index contributed by atoms with van der Waals surface area (Å²) in [6.07, 6.45) is 9.37. The molecule has 1 atom stereocenters. The van der Waals surface area contributed by atoms with Crippen LogP contribution in [0.1, 0.15) is 68.9 Å². The van der Waals surface area contributed by atoms with Crippen molar-refractivity contribution in [2.24, 2.45) is 0 Å². The van der Waals surface area contributed by atoms with Crippen molar-refractivity contribution in [2.45, 2.75) is 63.3 Å². The molecule has 1 saturated heterocycles. The van der Waals surface area contributed by atoms with Gasteiger partial charge in [-0.25, -0.2) is 0 Å². The summed E-state index contributed by atoms with van der Waals surface area (Å²) in [5.41, 5.74) is 2.98. The Morgan fingerprint density at radius 2 is 1.95 bits per heavy atom. The fourth-order valence-corrected chi connectivity index (χ4v) is 3.97. The molecule has 2 fully saturated rings. The molecule has 1 heterocycles. The van der Waals surface area contributed by atoms with E-state index in [0.717, 1.165) is 18.2 Å². The number of nitrogens with one attached hydrogen (secondary N) is 1. The molecule has 0 bridgehead atoms. The molecule has 3 rings (SSSR count). The fourth-order valence-electron chi connectivity index (χ4n) is 3.97. The third-order valence-electron chi connectivity index (χ3n) is 5.26. The van der Waals surface area contributed by atoms with E-state index in [-0.39, 0.29) is 5.54 Å². The second-order valence-corrected chi connectivity index (χ2v) is 6.66. The maximum absolute atomic E-state index is 5.63. The molecule has 1 aliphatic carbocycles. The molecular weight excluding hydrogens is 246 g/mol. The van der Waals surface area contributed by atoms with Crippen molar-refractivity contribution in [3.05, 3.63) is 29.3 Å². The molecule has 2 aliphatic rings. The van der Waals surface area contributed by atoms with Gasteiger partial charge >= 0.3 is 0 Å². The van der Waals surface area contributed by atoms with Crippen molar-refractivity contribution >= 4 is 0 Å². The third kappa shape index (κ3) is 2.58. The van der Waals surface area contributed by atoms with Crippen LogP contribution in [0.3, 0.4) is 0 Å². The van der Waals surface area contributed by atoms with Crippen LogP contribution in [-0.2, 0) is 5.54 Å². The van der Waals surface area contributed by atoms with E-state index in [2.05, 4.69) is 30.4 Å². The van der Waals surface area contributed by atoms with E-state index in [1.54, 1.807) is 7.11 Å². The van der Waals surface area contributed by atoms with Gasteiger partial charge in [0, 0.05) is 11.1 Å². The highest BCUT2D eigenvalue weighted by Gasteiger charge is 2.33. The molecular formula is C18H27NO. The van der Waals surface area contributed by atoms with Gasteiger partial charge < -0.3 is 10.1 Å². The Bertz CT molecular complexity index is 456. The van der Waals surface area contributed by atoms with Gasteiger partial charge in [-0.15, -0.1) is 0 Å². The molecule has 2 nitrogen and oxygen atoms in total. The number of methoxy groups -OCH3 is 1. The van der Waals surface area contributed by atoms with Crippen molar-refractivity contribution in [2.75, 3.05) is 13.7 Å². The minimum Gasteiger partial charge on any atom is -0.496 e. The molecule has 2 heteroatoms. The molecule has 1 aromatic carbocycles. The van der Waals surface area contributed by atoms with Crippen LogP contribution in [0.4, 0.5) is 0 Å². The number of ether oxygens (including phenoxy) is 1. The van der Waals surface area contributed by atoms with Crippen molar-refractivity contribution in [3.63, 3.8) is 0 Å². The van der Waals surface area contributed by atoms with Crippen LogP contribution < -0.4 is 10.1 Å². The summed E-state index contributed by atoms with van der Waals surface area (Å²) in [7, 11) is 1.79. The Kier molecular flexibility index (Phi) is 4.02. The Balaban J connectivity index is 1.94. The van der Waals surface area contributed by atoms with Crippen LogP contribution in [0.5, 0.6) is 5.75 Å². The maximum atomic E-state index is 5.63. The molecule has 1 N–H and O–H groups in total. The second-order valence-electron chi connectivity index (χ2n) is 6.66. The zero-order valence-corrected chi connectivity index (χ0v) is 12.9. The van der Waals surface area contributed by atoms with Crippen LogP contribution in [0.2, 0.25) is 0 Å². The standard InChI is InChI=1S/C18H27NO/c1-18(11-6-12-19-18)16-13-15(9-10-17(16)20-2)14-7-4-3-5-8-14/h9-10,13-14,19H,3-8,11-12H2,1-2H3. The van der Waals surface area contributed by atoms with E-state index in [4.69, 9.17) is 4.74 Å². The monoisotopic (exact) mass is 273 g/mol. The molecule has 1 saturated carbocycles. The molecule has 110 valence electrons. The van der Waals surface area contributed by atoms with Crippen LogP contribution in [0, 0.1) is 0 Å². The van der Waals surface area contributed by atoms with Gasteiger partial charge in [-0.3, -0.25) is 0 Å². The van der Waals surface area contributed by atoms with Gasteiger partial charge in [0.25, 0.3) is 0 Å². The highest BCUT2D eigenvalue weighted by atomic mass is 16.5. The summed E-state index contributed by atoms with van der Waals surface area (Å²) < 4.78 is 5.63. The van der Waals surface area contributed by atoms with Gasteiger partial charge in [0.2, 0.25) is 0 Å². The second kappa shape index (κ2) is 5.77. The molecule has 0 amide bonds. The molecule has 0 spiro atoms. The van der Waals surface area contributed by atoms with Crippen molar-refractivity contribution in [1.82, 2.24) is 5.32 Å². The zero-order valence-electron chi connectivity index (χ0n) is 12.9. The van der Waals surface area contributed by atoms with Gasteiger partial charge in [-0.1, -0.05) is 25.3 Å². The van der Waals surface area contributed by atoms with Crippen molar-refractivity contribution in [1.29, 1.82) is 0 Å². The van der Waals surface area contributed by atoms with E-state index in [0.29, 0.717) is 0 Å². The lowest BCUT2D eigenvalue weighted by molar-refractivity contribution is 0.369. The number of hydrogen-bond acceptors (Lipinski definition) is 2. The molecule has 20 heavy (non-hydrogen) atoms. The van der Waals surface area contributed by atoms with Crippen molar-refractivity contribution < 1.29 is 4.74 Å². The molecule has 0 radical (unpaired) electrons. The average Bonchev–Trinajstić information content (AvgIpc) is 2.95. The summed E-state index contributed by atoms with van der Waals surface area (Å²) in [4.78, 5) is 0. The van der Waals surface area contributed by atoms with Crippen LogP contribution in [0.25, 0.3) is 0 Å². The lowest BCUT2D eigenvalue weighted by Gasteiger charge is -2.29. The van der Waals surface area contributed by atoms with Crippen LogP contribution in [0.15, 0.2) is 18.2 Å². The lowest BCUT2D eigenvalue weighted by atomic mass is 9.81. The van der Waals surface area contributed by atoms with Gasteiger partial charge in [0.15, 0.2) is 0 Å². The molecule has 1 aromatic rings. The maximum Gasteiger partial charge on any atom is 0.123 e. The topological polar surface area (TPSA) is 21.3 Å². The first-order chi connectivity index (χ1) is 9.73. The molecule has 0 aromatic heterocycles. The normalized spacial score (nSPS) is 27.7. The summed E-state index contributed by atoms with van der Waals surface area (Å²) in [6.45, 7) is 3.44. The first-order valence-electron chi connectivity index (χ1n) is 8.16. The van der Waals surface area contributed by atoms with Crippen LogP contribution in [-0.4, -0.2) is 13.7 Å². The largest absolute Gasteiger partial charge is 0.496 e. The van der Waals surface area contributed by atoms with Crippen molar-refractivity contribution in [3.8, 4) is 5.75 Å². The first kappa shape index (κ1) is 13.9. The minimum absolute atomic E-state index is 0.0933. The predicted molar refractivity (Wildman–Crippen MR) is 83.4 cm³/mol. The van der Waals surface area contributed by atoms with E-state index >= 15 is 0 Å².